The van der Waals surface area contributed by atoms with Gasteiger partial charge in [0.25, 0.3) is 0 Å². The molecule has 74 valence electrons. The molecule has 4 amide bonds. The average Bonchev–Trinajstić information content (AvgIpc) is 2.13. The van der Waals surface area contributed by atoms with Gasteiger partial charge in [-0.2, -0.15) is 0 Å². The van der Waals surface area contributed by atoms with Crippen molar-refractivity contribution in [3.8, 4) is 0 Å². The number of carbonyl (C=O) groups is 2. The molecule has 0 radical (unpaired) electrons. The van der Waals surface area contributed by atoms with E-state index < -0.39 is 8.22 Å². The highest BCUT2D eigenvalue weighted by Crippen LogP contribution is 2.46. The zero-order valence-corrected chi connectivity index (χ0v) is 9.34. The van der Waals surface area contributed by atoms with E-state index in [2.05, 4.69) is 0 Å². The molecule has 0 N–H and O–H groups in total. The van der Waals surface area contributed by atoms with Gasteiger partial charge >= 0.3 is 12.1 Å². The van der Waals surface area contributed by atoms with Crippen molar-refractivity contribution >= 4 is 31.9 Å². The maximum atomic E-state index is 11.4. The summed E-state index contributed by atoms with van der Waals surface area (Å²) in [6, 6.07) is -0.593. The first-order chi connectivity index (χ1) is 6.00. The molecule has 0 spiro atoms. The van der Waals surface area contributed by atoms with Crippen molar-refractivity contribution in [1.29, 1.82) is 0 Å². The van der Waals surface area contributed by atoms with E-state index in [0.717, 1.165) is 4.90 Å². The Morgan fingerprint density at radius 2 is 1.54 bits per heavy atom. The molecule has 1 heterocycles. The molecule has 0 aliphatic carbocycles. The highest BCUT2D eigenvalue weighted by Gasteiger charge is 2.38. The van der Waals surface area contributed by atoms with Gasteiger partial charge in [-0.3, -0.25) is 9.34 Å². The van der Waals surface area contributed by atoms with E-state index in [1.54, 1.807) is 14.1 Å². The molecule has 1 rings (SSSR count). The maximum Gasteiger partial charge on any atom is 0.332 e. The van der Waals surface area contributed by atoms with Crippen LogP contribution in [0.15, 0.2) is 0 Å². The van der Waals surface area contributed by atoms with Crippen LogP contribution in [0.2, 0.25) is 0 Å². The molecule has 0 aromatic heterocycles. The summed E-state index contributed by atoms with van der Waals surface area (Å²) in [7, 11) is 3.75. The van der Waals surface area contributed by atoms with Gasteiger partial charge in [0.05, 0.1) is 5.62 Å². The molecular formula is C6H11ClN3O2P. The Kier molecular flexibility index (Phi) is 2.98. The summed E-state index contributed by atoms with van der Waals surface area (Å²) in [5.41, 5.74) is 0.285. The smallest absolute Gasteiger partial charge is 0.288 e. The quantitative estimate of drug-likeness (QED) is 0.500. The lowest BCUT2D eigenvalue weighted by Gasteiger charge is -2.41. The van der Waals surface area contributed by atoms with Gasteiger partial charge in [-0.1, -0.05) is 0 Å². The fourth-order valence-corrected chi connectivity index (χ4v) is 3.42. The Hall–Kier alpha value is -0.540. The molecule has 1 saturated heterocycles. The molecule has 0 saturated carbocycles. The number of urea groups is 2. The minimum Gasteiger partial charge on any atom is -0.288 e. The third-order valence-corrected chi connectivity index (χ3v) is 4.51. The maximum absolute atomic E-state index is 11.4. The van der Waals surface area contributed by atoms with Gasteiger partial charge in [0, 0.05) is 21.1 Å². The molecule has 0 aromatic rings. The van der Waals surface area contributed by atoms with Crippen LogP contribution in [0.4, 0.5) is 9.59 Å². The van der Waals surface area contributed by atoms with Gasteiger partial charge in [0.15, 0.2) is 0 Å². The number of carbonyl (C=O) groups excluding carboxylic acids is 2. The average molecular weight is 224 g/mol. The molecule has 0 atom stereocenters. The molecule has 0 unspecified atom stereocenters. The molecule has 0 aromatic carbocycles. The fraction of sp³-hybridized carbons (Fsp3) is 0.667. The highest BCUT2D eigenvalue weighted by molar-refractivity contribution is 7.56. The second kappa shape index (κ2) is 3.68. The fourth-order valence-electron chi connectivity index (χ4n) is 1.08. The van der Waals surface area contributed by atoms with E-state index in [9.17, 15) is 9.59 Å². The van der Waals surface area contributed by atoms with Crippen molar-refractivity contribution in [2.45, 2.75) is 0 Å². The van der Waals surface area contributed by atoms with Crippen LogP contribution < -0.4 is 0 Å². The normalized spacial score (nSPS) is 20.2. The first-order valence-electron chi connectivity index (χ1n) is 3.63. The molecule has 1 fully saturated rings. The number of hydrogen-bond donors (Lipinski definition) is 0. The third-order valence-electron chi connectivity index (χ3n) is 1.93. The van der Waals surface area contributed by atoms with Gasteiger partial charge in [-0.15, -0.1) is 11.6 Å². The molecule has 5 nitrogen and oxygen atoms in total. The topological polar surface area (TPSA) is 43.9 Å². The first-order valence-corrected chi connectivity index (χ1v) is 5.59. The van der Waals surface area contributed by atoms with Crippen molar-refractivity contribution < 1.29 is 9.59 Å². The number of alkyl halides is 1. The van der Waals surface area contributed by atoms with Crippen LogP contribution in [-0.2, 0) is 0 Å². The van der Waals surface area contributed by atoms with Crippen LogP contribution in [0.25, 0.3) is 0 Å². The second-order valence-electron chi connectivity index (χ2n) is 2.66. The van der Waals surface area contributed by atoms with Crippen molar-refractivity contribution in [3.63, 3.8) is 0 Å². The Morgan fingerprint density at radius 1 is 1.15 bits per heavy atom. The Labute approximate surface area is 83.1 Å². The van der Waals surface area contributed by atoms with E-state index in [4.69, 9.17) is 11.6 Å². The predicted octanol–water partition coefficient (Wildman–Crippen LogP) is 1.54. The van der Waals surface area contributed by atoms with E-state index in [1.807, 2.05) is 0 Å². The molecule has 1 aliphatic heterocycles. The van der Waals surface area contributed by atoms with E-state index in [1.165, 1.54) is 16.4 Å². The summed E-state index contributed by atoms with van der Waals surface area (Å²) in [6.45, 7) is 0. The van der Waals surface area contributed by atoms with Crippen LogP contribution in [0.3, 0.4) is 0 Å². The zero-order valence-electron chi connectivity index (χ0n) is 7.69. The SMILES string of the molecule is CN1C(=O)N(C)P(CCl)N(C)C1=O. The van der Waals surface area contributed by atoms with Crippen molar-refractivity contribution in [1.82, 2.24) is 14.2 Å². The molecular weight excluding hydrogens is 213 g/mol. The predicted molar refractivity (Wildman–Crippen MR) is 51.7 cm³/mol. The van der Waals surface area contributed by atoms with E-state index >= 15 is 0 Å². The molecule has 1 aliphatic rings. The number of imide groups is 1. The van der Waals surface area contributed by atoms with Gasteiger partial charge in [0.2, 0.25) is 0 Å². The Bertz CT molecular complexity index is 228. The summed E-state index contributed by atoms with van der Waals surface area (Å²) in [5.74, 6) is 0. The Balaban J connectivity index is 2.92. The van der Waals surface area contributed by atoms with Gasteiger partial charge < -0.3 is 0 Å². The standard InChI is InChI=1S/C6H11ClN3O2P/c1-8-5(11)9(2)13(4-7)10(3)6(8)12/h4H2,1-3H3. The largest absolute Gasteiger partial charge is 0.332 e. The van der Waals surface area contributed by atoms with Crippen molar-refractivity contribution in [3.05, 3.63) is 0 Å². The lowest BCUT2D eigenvalue weighted by molar-refractivity contribution is 0.169. The highest BCUT2D eigenvalue weighted by atomic mass is 35.5. The van der Waals surface area contributed by atoms with Crippen LogP contribution in [0.5, 0.6) is 0 Å². The first kappa shape index (κ1) is 10.5. The van der Waals surface area contributed by atoms with Crippen LogP contribution in [-0.4, -0.2) is 53.1 Å². The minimum absolute atomic E-state index is 0.285. The lowest BCUT2D eigenvalue weighted by atomic mass is 10.7. The van der Waals surface area contributed by atoms with Crippen molar-refractivity contribution in [2.24, 2.45) is 0 Å². The molecule has 0 bridgehead atoms. The summed E-state index contributed by atoms with van der Waals surface area (Å²) < 4.78 is 3.01. The number of rotatable bonds is 1. The number of nitrogens with zero attached hydrogens (tertiary/aromatic N) is 3. The van der Waals surface area contributed by atoms with E-state index in [-0.39, 0.29) is 17.7 Å². The lowest BCUT2D eigenvalue weighted by Crippen LogP contribution is -2.51. The summed E-state index contributed by atoms with van der Waals surface area (Å²) in [5, 5.41) is 0. The van der Waals surface area contributed by atoms with Crippen LogP contribution in [0, 0.1) is 0 Å². The summed E-state index contributed by atoms with van der Waals surface area (Å²) in [6.07, 6.45) is 0. The summed E-state index contributed by atoms with van der Waals surface area (Å²) >= 11 is 5.67. The number of amides is 4. The molecule has 13 heavy (non-hydrogen) atoms. The summed E-state index contributed by atoms with van der Waals surface area (Å²) in [4.78, 5) is 23.9. The van der Waals surface area contributed by atoms with Crippen LogP contribution in [0.1, 0.15) is 0 Å². The number of halogens is 1. The monoisotopic (exact) mass is 223 g/mol. The van der Waals surface area contributed by atoms with Crippen LogP contribution >= 0.6 is 19.8 Å². The Morgan fingerprint density at radius 3 is 1.85 bits per heavy atom. The zero-order chi connectivity index (χ0) is 10.2. The minimum atomic E-state index is -1.01. The second-order valence-corrected chi connectivity index (χ2v) is 5.56. The number of hydrogen-bond acceptors (Lipinski definition) is 2. The van der Waals surface area contributed by atoms with Gasteiger partial charge in [-0.25, -0.2) is 14.5 Å². The van der Waals surface area contributed by atoms with Gasteiger partial charge in [0.1, 0.15) is 8.22 Å². The van der Waals surface area contributed by atoms with Gasteiger partial charge in [-0.05, 0) is 0 Å². The van der Waals surface area contributed by atoms with Crippen molar-refractivity contribution in [2.75, 3.05) is 26.8 Å². The molecule has 7 heteroatoms. The third kappa shape index (κ3) is 1.58. The van der Waals surface area contributed by atoms with E-state index in [0.29, 0.717) is 0 Å².